The van der Waals surface area contributed by atoms with Crippen LogP contribution in [0, 0.1) is 13.8 Å². The van der Waals surface area contributed by atoms with Gasteiger partial charge in [0.1, 0.15) is 11.5 Å². The van der Waals surface area contributed by atoms with E-state index < -0.39 is 9.84 Å². The molecule has 4 rings (SSSR count). The fourth-order valence-corrected chi connectivity index (χ4v) is 4.85. The molecule has 7 nitrogen and oxygen atoms in total. The van der Waals surface area contributed by atoms with E-state index in [-0.39, 0.29) is 16.6 Å². The van der Waals surface area contributed by atoms with Crippen molar-refractivity contribution in [3.63, 3.8) is 0 Å². The maximum Gasteiger partial charge on any atom is 0.253 e. The van der Waals surface area contributed by atoms with Gasteiger partial charge in [-0.15, -0.1) is 0 Å². The summed E-state index contributed by atoms with van der Waals surface area (Å²) in [5.41, 5.74) is 3.49. The van der Waals surface area contributed by atoms with Crippen molar-refractivity contribution in [3.8, 4) is 11.5 Å². The topological polar surface area (TPSA) is 93.4 Å². The van der Waals surface area contributed by atoms with Crippen LogP contribution in [0.2, 0.25) is 0 Å². The highest BCUT2D eigenvalue weighted by atomic mass is 32.2. The number of aryl methyl sites for hydroxylation is 2. The van der Waals surface area contributed by atoms with Crippen molar-refractivity contribution < 1.29 is 17.6 Å². The van der Waals surface area contributed by atoms with Gasteiger partial charge in [-0.25, -0.2) is 13.4 Å². The Balaban J connectivity index is 1.48. The first kappa shape index (κ1) is 23.4. The molecule has 0 atom stereocenters. The number of hydrogen-bond acceptors (Lipinski definition) is 6. The number of carbonyl (C=O) groups is 1. The van der Waals surface area contributed by atoms with Crippen molar-refractivity contribution in [2.45, 2.75) is 31.0 Å². The van der Waals surface area contributed by atoms with Gasteiger partial charge < -0.3 is 9.32 Å². The quantitative estimate of drug-likeness (QED) is 0.388. The molecule has 0 spiro atoms. The maximum absolute atomic E-state index is 12.8. The summed E-state index contributed by atoms with van der Waals surface area (Å²) in [6, 6.07) is 17.4. The first-order chi connectivity index (χ1) is 16.2. The van der Waals surface area contributed by atoms with E-state index in [2.05, 4.69) is 9.97 Å². The lowest BCUT2D eigenvalue weighted by Crippen LogP contribution is -2.26. The third-order valence-corrected chi connectivity index (χ3v) is 7.11. The highest BCUT2D eigenvalue weighted by Crippen LogP contribution is 2.25. The van der Waals surface area contributed by atoms with E-state index >= 15 is 0 Å². The van der Waals surface area contributed by atoms with Crippen molar-refractivity contribution in [3.05, 3.63) is 101 Å². The molecule has 0 saturated carbocycles. The zero-order valence-electron chi connectivity index (χ0n) is 19.2. The molecule has 0 radical (unpaired) electrons. The lowest BCUT2D eigenvalue weighted by atomic mass is 10.1. The number of hydrogen-bond donors (Lipinski definition) is 0. The number of rotatable bonds is 7. The van der Waals surface area contributed by atoms with Crippen LogP contribution in [-0.2, 0) is 22.1 Å². The normalized spacial score (nSPS) is 11.4. The van der Waals surface area contributed by atoms with Gasteiger partial charge in [0.15, 0.2) is 9.84 Å². The number of amides is 1. The minimum Gasteiger partial charge on any atom is -0.441 e. The molecule has 2 aromatic heterocycles. The lowest BCUT2D eigenvalue weighted by Gasteiger charge is -2.17. The SMILES string of the molecule is Cc1ccc(S(=O)(=O)Cc2nc(-c3ccc(C(=O)N(C)Cc4cccnc4)cc3)oc2C)cc1. The van der Waals surface area contributed by atoms with Crippen molar-refractivity contribution in [2.24, 2.45) is 0 Å². The Kier molecular flexibility index (Phi) is 6.61. The average Bonchev–Trinajstić information content (AvgIpc) is 3.19. The molecule has 8 heteroatoms. The molecule has 0 N–H and O–H groups in total. The Morgan fingerprint density at radius 3 is 2.35 bits per heavy atom. The van der Waals surface area contributed by atoms with Gasteiger partial charge in [0, 0.05) is 37.1 Å². The monoisotopic (exact) mass is 475 g/mol. The van der Waals surface area contributed by atoms with E-state index in [1.807, 2.05) is 19.1 Å². The van der Waals surface area contributed by atoms with E-state index in [1.165, 1.54) is 0 Å². The van der Waals surface area contributed by atoms with Crippen LogP contribution in [0.25, 0.3) is 11.5 Å². The van der Waals surface area contributed by atoms with E-state index in [0.717, 1.165) is 11.1 Å². The van der Waals surface area contributed by atoms with Gasteiger partial charge in [0.2, 0.25) is 5.89 Å². The summed E-state index contributed by atoms with van der Waals surface area (Å²) < 4.78 is 31.3. The number of carbonyl (C=O) groups excluding carboxylic acids is 1. The average molecular weight is 476 g/mol. The number of benzene rings is 2. The van der Waals surface area contributed by atoms with Crippen LogP contribution >= 0.6 is 0 Å². The van der Waals surface area contributed by atoms with Gasteiger partial charge in [-0.05, 0) is 61.9 Å². The van der Waals surface area contributed by atoms with E-state index in [0.29, 0.717) is 35.0 Å². The smallest absolute Gasteiger partial charge is 0.253 e. The molecule has 0 aliphatic heterocycles. The number of pyridine rings is 1. The number of oxazole rings is 1. The minimum absolute atomic E-state index is 0.121. The van der Waals surface area contributed by atoms with Gasteiger partial charge in [-0.3, -0.25) is 9.78 Å². The second-order valence-corrected chi connectivity index (χ2v) is 10.2. The zero-order valence-corrected chi connectivity index (χ0v) is 20.0. The molecule has 4 aromatic rings. The first-order valence-corrected chi connectivity index (χ1v) is 12.4. The van der Waals surface area contributed by atoms with Crippen molar-refractivity contribution in [1.82, 2.24) is 14.9 Å². The van der Waals surface area contributed by atoms with Crippen LogP contribution in [-0.4, -0.2) is 36.2 Å². The number of sulfone groups is 1. The summed E-state index contributed by atoms with van der Waals surface area (Å²) in [5, 5.41) is 0. The van der Waals surface area contributed by atoms with Crippen molar-refractivity contribution >= 4 is 15.7 Å². The molecule has 0 fully saturated rings. The predicted octanol–water partition coefficient (Wildman–Crippen LogP) is 4.60. The molecular formula is C26H25N3O4S. The summed E-state index contributed by atoms with van der Waals surface area (Å²) in [4.78, 5) is 23.1. The molecule has 0 aliphatic carbocycles. The molecule has 1 amide bonds. The Bertz CT molecular complexity index is 1390. The number of aromatic nitrogens is 2. The maximum atomic E-state index is 12.8. The molecule has 0 unspecified atom stereocenters. The Morgan fingerprint density at radius 1 is 1.00 bits per heavy atom. The second-order valence-electron chi connectivity index (χ2n) is 8.19. The third kappa shape index (κ3) is 5.23. The van der Waals surface area contributed by atoms with Crippen LogP contribution in [0.1, 0.15) is 32.9 Å². The summed E-state index contributed by atoms with van der Waals surface area (Å²) in [6.45, 7) is 4.05. The van der Waals surface area contributed by atoms with Crippen LogP contribution < -0.4 is 0 Å². The lowest BCUT2D eigenvalue weighted by molar-refractivity contribution is 0.0785. The van der Waals surface area contributed by atoms with Crippen LogP contribution in [0.3, 0.4) is 0 Å². The van der Waals surface area contributed by atoms with Crippen LogP contribution in [0.15, 0.2) is 82.4 Å². The third-order valence-electron chi connectivity index (χ3n) is 5.47. The molecule has 2 heterocycles. The van der Waals surface area contributed by atoms with Crippen LogP contribution in [0.4, 0.5) is 0 Å². The molecule has 0 bridgehead atoms. The summed E-state index contributed by atoms with van der Waals surface area (Å²) in [7, 11) is -1.81. The standard InChI is InChI=1S/C26H25N3O4S/c1-18-6-12-23(13-7-18)34(31,32)17-24-19(2)33-25(28-24)21-8-10-22(11-9-21)26(30)29(3)16-20-5-4-14-27-15-20/h4-15H,16-17H2,1-3H3. The largest absolute Gasteiger partial charge is 0.441 e. The van der Waals surface area contributed by atoms with Gasteiger partial charge >= 0.3 is 0 Å². The molecule has 2 aromatic carbocycles. The zero-order chi connectivity index (χ0) is 24.3. The highest BCUT2D eigenvalue weighted by Gasteiger charge is 2.21. The van der Waals surface area contributed by atoms with Gasteiger partial charge in [0.25, 0.3) is 5.91 Å². The second kappa shape index (κ2) is 9.61. The van der Waals surface area contributed by atoms with Gasteiger partial charge in [0.05, 0.1) is 10.6 Å². The first-order valence-electron chi connectivity index (χ1n) is 10.7. The summed E-state index contributed by atoms with van der Waals surface area (Å²) >= 11 is 0. The van der Waals surface area contributed by atoms with Crippen molar-refractivity contribution in [2.75, 3.05) is 7.05 Å². The van der Waals surface area contributed by atoms with Gasteiger partial charge in [-0.1, -0.05) is 23.8 Å². The fourth-order valence-electron chi connectivity index (χ4n) is 3.51. The van der Waals surface area contributed by atoms with Crippen LogP contribution in [0.5, 0.6) is 0 Å². The Labute approximate surface area is 199 Å². The van der Waals surface area contributed by atoms with E-state index in [9.17, 15) is 13.2 Å². The molecule has 0 saturated heterocycles. The fraction of sp³-hybridized carbons (Fsp3) is 0.192. The summed E-state index contributed by atoms with van der Waals surface area (Å²) in [6.07, 6.45) is 3.42. The van der Waals surface area contributed by atoms with E-state index in [1.54, 1.807) is 79.8 Å². The molecule has 34 heavy (non-hydrogen) atoms. The highest BCUT2D eigenvalue weighted by molar-refractivity contribution is 7.90. The summed E-state index contributed by atoms with van der Waals surface area (Å²) in [5.74, 6) is 0.390. The minimum atomic E-state index is -3.55. The van der Waals surface area contributed by atoms with Gasteiger partial charge in [-0.2, -0.15) is 0 Å². The van der Waals surface area contributed by atoms with Crippen molar-refractivity contribution in [1.29, 1.82) is 0 Å². The van der Waals surface area contributed by atoms with E-state index in [4.69, 9.17) is 4.42 Å². The Hall–Kier alpha value is -3.78. The Morgan fingerprint density at radius 2 is 1.71 bits per heavy atom. The predicted molar refractivity (Wildman–Crippen MR) is 129 cm³/mol. The molecule has 0 aliphatic rings. The molecule has 174 valence electrons. The molecular weight excluding hydrogens is 450 g/mol. The number of nitrogens with zero attached hydrogens (tertiary/aromatic N) is 3.